The third kappa shape index (κ3) is 4.93. The van der Waals surface area contributed by atoms with Gasteiger partial charge in [0, 0.05) is 58.8 Å². The van der Waals surface area contributed by atoms with Gasteiger partial charge in [-0.05, 0) is 30.5 Å². The molecule has 0 saturated carbocycles. The molecule has 6 nitrogen and oxygen atoms in total. The van der Waals surface area contributed by atoms with E-state index in [1.54, 1.807) is 0 Å². The van der Waals surface area contributed by atoms with Crippen LogP contribution in [0.1, 0.15) is 37.7 Å². The van der Waals surface area contributed by atoms with Crippen LogP contribution in [0.25, 0.3) is 0 Å². The molecular formula is C21H31N3O3. The summed E-state index contributed by atoms with van der Waals surface area (Å²) in [4.78, 5) is 19.5. The van der Waals surface area contributed by atoms with Gasteiger partial charge < -0.3 is 19.3 Å². The molecule has 2 fully saturated rings. The smallest absolute Gasteiger partial charge is 0.231 e. The summed E-state index contributed by atoms with van der Waals surface area (Å²) >= 11 is 0. The monoisotopic (exact) mass is 373 g/mol. The summed E-state index contributed by atoms with van der Waals surface area (Å²) < 4.78 is 10.9. The van der Waals surface area contributed by atoms with Crippen molar-refractivity contribution in [1.29, 1.82) is 0 Å². The van der Waals surface area contributed by atoms with Gasteiger partial charge in [-0.25, -0.2) is 0 Å². The van der Waals surface area contributed by atoms with E-state index in [1.807, 2.05) is 6.07 Å². The normalized spacial score (nSPS) is 21.3. The lowest BCUT2D eigenvalue weighted by Gasteiger charge is -2.35. The maximum Gasteiger partial charge on any atom is 0.231 e. The molecule has 1 aromatic carbocycles. The highest BCUT2D eigenvalue weighted by Crippen LogP contribution is 2.32. The molecule has 0 radical (unpaired) electrons. The Morgan fingerprint density at radius 1 is 0.852 bits per heavy atom. The lowest BCUT2D eigenvalue weighted by atomic mass is 10.1. The van der Waals surface area contributed by atoms with Crippen LogP contribution in [0.4, 0.5) is 0 Å². The Morgan fingerprint density at radius 2 is 1.56 bits per heavy atom. The number of ether oxygens (including phenoxy) is 2. The number of amides is 1. The van der Waals surface area contributed by atoms with Crippen LogP contribution in [-0.4, -0.2) is 73.2 Å². The minimum absolute atomic E-state index is 0.327. The number of hydrogen-bond acceptors (Lipinski definition) is 5. The molecule has 0 spiro atoms. The van der Waals surface area contributed by atoms with Crippen LogP contribution in [0.5, 0.6) is 11.5 Å². The van der Waals surface area contributed by atoms with E-state index in [0.29, 0.717) is 19.1 Å². The molecule has 4 rings (SSSR count). The zero-order valence-corrected chi connectivity index (χ0v) is 16.2. The molecule has 3 aliphatic rings. The zero-order valence-electron chi connectivity index (χ0n) is 16.2. The zero-order chi connectivity index (χ0) is 18.5. The Hall–Kier alpha value is -1.79. The highest BCUT2D eigenvalue weighted by molar-refractivity contribution is 5.76. The second kappa shape index (κ2) is 8.93. The van der Waals surface area contributed by atoms with E-state index >= 15 is 0 Å². The fraction of sp³-hybridized carbons (Fsp3) is 0.667. The van der Waals surface area contributed by atoms with E-state index in [0.717, 1.165) is 63.9 Å². The highest BCUT2D eigenvalue weighted by Gasteiger charge is 2.21. The highest BCUT2D eigenvalue weighted by atomic mass is 16.7. The lowest BCUT2D eigenvalue weighted by Crippen LogP contribution is -2.47. The number of likely N-dealkylation sites (tertiary alicyclic amines) is 1. The fourth-order valence-corrected chi connectivity index (χ4v) is 4.20. The molecule has 148 valence electrons. The molecule has 0 N–H and O–H groups in total. The largest absolute Gasteiger partial charge is 0.454 e. The minimum Gasteiger partial charge on any atom is -0.454 e. The first kappa shape index (κ1) is 18.6. The summed E-state index contributed by atoms with van der Waals surface area (Å²) in [6.07, 6.45) is 5.56. The third-order valence-corrected chi connectivity index (χ3v) is 5.91. The summed E-state index contributed by atoms with van der Waals surface area (Å²) in [6, 6.07) is 6.22. The predicted molar refractivity (Wildman–Crippen MR) is 104 cm³/mol. The number of fused-ring (bicyclic) bond motifs is 1. The van der Waals surface area contributed by atoms with E-state index in [-0.39, 0.29) is 0 Å². The summed E-state index contributed by atoms with van der Waals surface area (Å²) in [5, 5.41) is 0. The number of carbonyl (C=O) groups is 1. The van der Waals surface area contributed by atoms with E-state index in [4.69, 9.17) is 9.47 Å². The van der Waals surface area contributed by atoms with Crippen LogP contribution in [0.15, 0.2) is 18.2 Å². The maximum absolute atomic E-state index is 12.5. The Balaban J connectivity index is 1.18. The van der Waals surface area contributed by atoms with Crippen molar-refractivity contribution in [3.8, 4) is 11.5 Å². The maximum atomic E-state index is 12.5. The molecule has 0 aromatic heterocycles. The first-order chi connectivity index (χ1) is 13.3. The van der Waals surface area contributed by atoms with Gasteiger partial charge in [-0.15, -0.1) is 0 Å². The van der Waals surface area contributed by atoms with Crippen LogP contribution < -0.4 is 9.47 Å². The standard InChI is InChI=1S/C21H31N3O3/c25-21(24-8-3-1-2-4-9-24)7-10-22-11-13-23(14-12-22)16-18-5-6-19-20(15-18)27-17-26-19/h5-6,15H,1-4,7-14,16-17H2. The molecule has 2 saturated heterocycles. The topological polar surface area (TPSA) is 45.3 Å². The van der Waals surface area contributed by atoms with Crippen molar-refractivity contribution in [2.24, 2.45) is 0 Å². The van der Waals surface area contributed by atoms with Gasteiger partial charge in [0.15, 0.2) is 11.5 Å². The molecule has 1 aromatic rings. The van der Waals surface area contributed by atoms with Crippen LogP contribution in [0, 0.1) is 0 Å². The van der Waals surface area contributed by atoms with E-state index in [2.05, 4.69) is 26.8 Å². The summed E-state index contributed by atoms with van der Waals surface area (Å²) in [6.45, 7) is 8.26. The van der Waals surface area contributed by atoms with Gasteiger partial charge >= 0.3 is 0 Å². The molecule has 0 unspecified atom stereocenters. The summed E-state index contributed by atoms with van der Waals surface area (Å²) in [5.41, 5.74) is 1.27. The molecular weight excluding hydrogens is 342 g/mol. The van der Waals surface area contributed by atoms with Crippen molar-refractivity contribution in [2.45, 2.75) is 38.6 Å². The number of benzene rings is 1. The van der Waals surface area contributed by atoms with Crippen molar-refractivity contribution in [1.82, 2.24) is 14.7 Å². The van der Waals surface area contributed by atoms with Gasteiger partial charge in [-0.1, -0.05) is 18.9 Å². The van der Waals surface area contributed by atoms with E-state index in [1.165, 1.54) is 31.2 Å². The van der Waals surface area contributed by atoms with Gasteiger partial charge in [-0.3, -0.25) is 9.69 Å². The minimum atomic E-state index is 0.327. The second-order valence-corrected chi connectivity index (χ2v) is 7.85. The molecule has 0 aliphatic carbocycles. The molecule has 6 heteroatoms. The number of carbonyl (C=O) groups excluding carboxylic acids is 1. The van der Waals surface area contributed by atoms with Gasteiger partial charge in [-0.2, -0.15) is 0 Å². The molecule has 0 atom stereocenters. The number of piperazine rings is 1. The van der Waals surface area contributed by atoms with Crippen molar-refractivity contribution < 1.29 is 14.3 Å². The number of rotatable bonds is 5. The van der Waals surface area contributed by atoms with Gasteiger partial charge in [0.05, 0.1) is 0 Å². The molecule has 3 aliphatic heterocycles. The Labute approximate surface area is 162 Å². The van der Waals surface area contributed by atoms with Crippen molar-refractivity contribution in [2.75, 3.05) is 52.6 Å². The quantitative estimate of drug-likeness (QED) is 0.793. The average Bonchev–Trinajstić information content (AvgIpc) is 2.98. The molecule has 0 bridgehead atoms. The molecule has 3 heterocycles. The van der Waals surface area contributed by atoms with Crippen molar-refractivity contribution in [3.05, 3.63) is 23.8 Å². The average molecular weight is 373 g/mol. The predicted octanol–water partition coefficient (Wildman–Crippen LogP) is 2.33. The molecule has 27 heavy (non-hydrogen) atoms. The molecule has 1 amide bonds. The Bertz CT molecular complexity index is 636. The Morgan fingerprint density at radius 3 is 2.33 bits per heavy atom. The summed E-state index contributed by atoms with van der Waals surface area (Å²) in [5.74, 6) is 2.05. The van der Waals surface area contributed by atoms with Gasteiger partial charge in [0.25, 0.3) is 0 Å². The van der Waals surface area contributed by atoms with Gasteiger partial charge in [0.2, 0.25) is 12.7 Å². The van der Waals surface area contributed by atoms with Crippen molar-refractivity contribution >= 4 is 5.91 Å². The van der Waals surface area contributed by atoms with Crippen molar-refractivity contribution in [3.63, 3.8) is 0 Å². The number of hydrogen-bond donors (Lipinski definition) is 0. The van der Waals surface area contributed by atoms with Crippen LogP contribution in [-0.2, 0) is 11.3 Å². The van der Waals surface area contributed by atoms with Crippen LogP contribution in [0.2, 0.25) is 0 Å². The Kier molecular flexibility index (Phi) is 6.14. The first-order valence-electron chi connectivity index (χ1n) is 10.4. The first-order valence-corrected chi connectivity index (χ1v) is 10.4. The number of nitrogens with zero attached hydrogens (tertiary/aromatic N) is 3. The van der Waals surface area contributed by atoms with Crippen LogP contribution in [0.3, 0.4) is 0 Å². The van der Waals surface area contributed by atoms with E-state index < -0.39 is 0 Å². The fourth-order valence-electron chi connectivity index (χ4n) is 4.20. The third-order valence-electron chi connectivity index (χ3n) is 5.91. The van der Waals surface area contributed by atoms with Crippen LogP contribution >= 0.6 is 0 Å². The summed E-state index contributed by atoms with van der Waals surface area (Å²) in [7, 11) is 0. The van der Waals surface area contributed by atoms with E-state index in [9.17, 15) is 4.79 Å². The lowest BCUT2D eigenvalue weighted by molar-refractivity contribution is -0.131. The van der Waals surface area contributed by atoms with Gasteiger partial charge in [0.1, 0.15) is 0 Å². The second-order valence-electron chi connectivity index (χ2n) is 7.85. The SMILES string of the molecule is O=C(CCN1CCN(Cc2ccc3c(c2)OCO3)CC1)N1CCCCCC1.